The molecule has 0 unspecified atom stereocenters. The van der Waals surface area contributed by atoms with Gasteiger partial charge in [0, 0.05) is 7.11 Å². The number of carbonyl (C=O) groups is 1. The summed E-state index contributed by atoms with van der Waals surface area (Å²) in [5.41, 5.74) is 2.50. The van der Waals surface area contributed by atoms with E-state index in [1.807, 2.05) is 42.5 Å². The third-order valence-corrected chi connectivity index (χ3v) is 2.95. The summed E-state index contributed by atoms with van der Waals surface area (Å²) < 4.78 is 10.3. The Bertz CT molecular complexity index is 549. The predicted molar refractivity (Wildman–Crippen MR) is 73.1 cm³/mol. The van der Waals surface area contributed by atoms with Crippen molar-refractivity contribution >= 4 is 5.97 Å². The van der Waals surface area contributed by atoms with Crippen molar-refractivity contribution in [3.8, 4) is 0 Å². The molecule has 2 rings (SSSR count). The molecule has 3 heteroatoms. The number of ether oxygens (including phenoxy) is 2. The van der Waals surface area contributed by atoms with Gasteiger partial charge in [-0.25, -0.2) is 4.79 Å². The van der Waals surface area contributed by atoms with Crippen LogP contribution in [-0.2, 0) is 9.47 Å². The van der Waals surface area contributed by atoms with Gasteiger partial charge in [0.2, 0.25) is 0 Å². The molecule has 0 bridgehead atoms. The van der Waals surface area contributed by atoms with Crippen molar-refractivity contribution in [3.05, 3.63) is 71.3 Å². The van der Waals surface area contributed by atoms with Crippen LogP contribution in [0.25, 0.3) is 0 Å². The summed E-state index contributed by atoms with van der Waals surface area (Å²) in [5.74, 6) is -0.343. The van der Waals surface area contributed by atoms with Crippen molar-refractivity contribution in [2.24, 2.45) is 0 Å². The zero-order valence-electron chi connectivity index (χ0n) is 11.0. The number of rotatable bonds is 4. The lowest BCUT2D eigenvalue weighted by Crippen LogP contribution is -2.06. The Morgan fingerprint density at radius 2 is 1.63 bits per heavy atom. The first kappa shape index (κ1) is 13.3. The Labute approximate surface area is 112 Å². The fourth-order valence-corrected chi connectivity index (χ4v) is 2.04. The van der Waals surface area contributed by atoms with E-state index in [4.69, 9.17) is 9.47 Å². The van der Waals surface area contributed by atoms with Gasteiger partial charge < -0.3 is 9.47 Å². The lowest BCUT2D eigenvalue weighted by atomic mass is 9.99. The molecule has 2 aromatic rings. The highest BCUT2D eigenvalue weighted by atomic mass is 16.5. The molecule has 0 amide bonds. The van der Waals surface area contributed by atoms with E-state index in [0.717, 1.165) is 11.1 Å². The first-order valence-electron chi connectivity index (χ1n) is 6.02. The van der Waals surface area contributed by atoms with E-state index in [1.54, 1.807) is 19.2 Å². The second kappa shape index (κ2) is 6.16. The average Bonchev–Trinajstić information content (AvgIpc) is 2.48. The first-order chi connectivity index (χ1) is 9.26. The quantitative estimate of drug-likeness (QED) is 0.788. The Hall–Kier alpha value is -2.13. The number of benzene rings is 2. The number of hydrogen-bond donors (Lipinski definition) is 0. The van der Waals surface area contributed by atoms with Crippen LogP contribution in [0.4, 0.5) is 0 Å². The van der Waals surface area contributed by atoms with Crippen LogP contribution < -0.4 is 0 Å². The maximum Gasteiger partial charge on any atom is 0.337 e. The highest BCUT2D eigenvalue weighted by molar-refractivity contribution is 5.89. The molecule has 1 atom stereocenters. The van der Waals surface area contributed by atoms with Gasteiger partial charge in [-0.2, -0.15) is 0 Å². The third kappa shape index (κ3) is 3.01. The molecular weight excluding hydrogens is 240 g/mol. The van der Waals surface area contributed by atoms with E-state index in [1.165, 1.54) is 7.11 Å². The topological polar surface area (TPSA) is 35.5 Å². The maximum atomic E-state index is 11.6. The van der Waals surface area contributed by atoms with Gasteiger partial charge >= 0.3 is 5.97 Å². The van der Waals surface area contributed by atoms with Gasteiger partial charge in [-0.1, -0.05) is 42.5 Å². The molecule has 0 saturated carbocycles. The fraction of sp³-hybridized carbons (Fsp3) is 0.188. The van der Waals surface area contributed by atoms with E-state index >= 15 is 0 Å². The Kier molecular flexibility index (Phi) is 4.31. The van der Waals surface area contributed by atoms with Gasteiger partial charge in [0.15, 0.2) is 0 Å². The molecule has 0 spiro atoms. The molecule has 0 aromatic heterocycles. The van der Waals surface area contributed by atoms with Crippen LogP contribution in [0.2, 0.25) is 0 Å². The summed E-state index contributed by atoms with van der Waals surface area (Å²) in [6.07, 6.45) is -0.189. The van der Waals surface area contributed by atoms with E-state index in [2.05, 4.69) is 0 Å². The molecule has 0 aliphatic rings. The lowest BCUT2D eigenvalue weighted by Gasteiger charge is -2.16. The van der Waals surface area contributed by atoms with E-state index in [0.29, 0.717) is 5.56 Å². The summed E-state index contributed by atoms with van der Waals surface area (Å²) in [7, 11) is 3.03. The SMILES string of the molecule is COC(=O)c1cccc([C@H](OC)c2ccccc2)c1. The minimum atomic E-state index is -0.343. The summed E-state index contributed by atoms with van der Waals surface area (Å²) >= 11 is 0. The smallest absolute Gasteiger partial charge is 0.337 e. The van der Waals surface area contributed by atoms with Gasteiger partial charge in [0.05, 0.1) is 12.7 Å². The van der Waals surface area contributed by atoms with Crippen molar-refractivity contribution in [1.29, 1.82) is 0 Å². The van der Waals surface area contributed by atoms with Crippen LogP contribution in [0.3, 0.4) is 0 Å². The van der Waals surface area contributed by atoms with Crippen LogP contribution in [0, 0.1) is 0 Å². The van der Waals surface area contributed by atoms with Gasteiger partial charge in [0.1, 0.15) is 6.10 Å². The predicted octanol–water partition coefficient (Wildman–Crippen LogP) is 3.21. The molecule has 0 radical (unpaired) electrons. The molecule has 2 aromatic carbocycles. The van der Waals surface area contributed by atoms with Gasteiger partial charge in [-0.3, -0.25) is 0 Å². The molecule has 0 aliphatic heterocycles. The molecule has 3 nitrogen and oxygen atoms in total. The van der Waals surface area contributed by atoms with Crippen LogP contribution in [0.15, 0.2) is 54.6 Å². The highest BCUT2D eigenvalue weighted by Gasteiger charge is 2.15. The molecule has 0 heterocycles. The lowest BCUT2D eigenvalue weighted by molar-refractivity contribution is 0.0600. The number of esters is 1. The largest absolute Gasteiger partial charge is 0.465 e. The molecular formula is C16H16O3. The van der Waals surface area contributed by atoms with Gasteiger partial charge in [-0.05, 0) is 23.3 Å². The van der Waals surface area contributed by atoms with Crippen LogP contribution in [-0.4, -0.2) is 20.2 Å². The minimum absolute atomic E-state index is 0.189. The van der Waals surface area contributed by atoms with E-state index in [-0.39, 0.29) is 12.1 Å². The van der Waals surface area contributed by atoms with Gasteiger partial charge in [-0.15, -0.1) is 0 Å². The zero-order valence-corrected chi connectivity index (χ0v) is 11.0. The summed E-state index contributed by atoms with van der Waals surface area (Å²) in [6, 6.07) is 17.2. The Morgan fingerprint density at radius 1 is 0.947 bits per heavy atom. The molecule has 0 N–H and O–H groups in total. The minimum Gasteiger partial charge on any atom is -0.465 e. The normalized spacial score (nSPS) is 11.9. The molecule has 0 aliphatic carbocycles. The molecule has 98 valence electrons. The monoisotopic (exact) mass is 256 g/mol. The number of hydrogen-bond acceptors (Lipinski definition) is 3. The molecule has 0 saturated heterocycles. The second-order valence-electron chi connectivity index (χ2n) is 4.14. The average molecular weight is 256 g/mol. The first-order valence-corrected chi connectivity index (χ1v) is 6.02. The zero-order chi connectivity index (χ0) is 13.7. The standard InChI is InChI=1S/C16H16O3/c1-18-15(12-7-4-3-5-8-12)13-9-6-10-14(11-13)16(17)19-2/h3-11,15H,1-2H3/t15-/m1/s1. The van der Waals surface area contributed by atoms with Crippen molar-refractivity contribution in [2.45, 2.75) is 6.10 Å². The van der Waals surface area contributed by atoms with Gasteiger partial charge in [0.25, 0.3) is 0 Å². The summed E-state index contributed by atoms with van der Waals surface area (Å²) in [6.45, 7) is 0. The van der Waals surface area contributed by atoms with Crippen molar-refractivity contribution in [3.63, 3.8) is 0 Å². The second-order valence-corrected chi connectivity index (χ2v) is 4.14. The van der Waals surface area contributed by atoms with E-state index < -0.39 is 0 Å². The molecule has 19 heavy (non-hydrogen) atoms. The third-order valence-electron chi connectivity index (χ3n) is 2.95. The fourth-order valence-electron chi connectivity index (χ4n) is 2.04. The Morgan fingerprint density at radius 3 is 2.26 bits per heavy atom. The van der Waals surface area contributed by atoms with Crippen LogP contribution >= 0.6 is 0 Å². The van der Waals surface area contributed by atoms with Crippen molar-refractivity contribution in [1.82, 2.24) is 0 Å². The maximum absolute atomic E-state index is 11.6. The van der Waals surface area contributed by atoms with E-state index in [9.17, 15) is 4.79 Å². The van der Waals surface area contributed by atoms with Crippen molar-refractivity contribution < 1.29 is 14.3 Å². The highest BCUT2D eigenvalue weighted by Crippen LogP contribution is 2.25. The Balaban J connectivity index is 2.36. The number of carbonyl (C=O) groups excluding carboxylic acids is 1. The van der Waals surface area contributed by atoms with Crippen molar-refractivity contribution in [2.75, 3.05) is 14.2 Å². The van der Waals surface area contributed by atoms with Crippen LogP contribution in [0.5, 0.6) is 0 Å². The number of methoxy groups -OCH3 is 2. The van der Waals surface area contributed by atoms with Crippen LogP contribution in [0.1, 0.15) is 27.6 Å². The summed E-state index contributed by atoms with van der Waals surface area (Å²) in [4.78, 5) is 11.6. The molecule has 0 fully saturated rings. The summed E-state index contributed by atoms with van der Waals surface area (Å²) in [5, 5.41) is 0.